The fraction of sp³-hybridized carbons (Fsp3) is 0.519. The summed E-state index contributed by atoms with van der Waals surface area (Å²) in [4.78, 5) is 17.7. The molecule has 2 N–H and O–H groups in total. The zero-order valence-corrected chi connectivity index (χ0v) is 22.6. The Morgan fingerprint density at radius 1 is 1.19 bits per heavy atom. The minimum atomic E-state index is -1.71. The largest absolute Gasteiger partial charge is 0.617 e. The first-order valence-corrected chi connectivity index (χ1v) is 14.5. The van der Waals surface area contributed by atoms with E-state index in [4.69, 9.17) is 4.98 Å². The molecule has 10 heteroatoms. The summed E-state index contributed by atoms with van der Waals surface area (Å²) in [6.07, 6.45) is 4.67. The van der Waals surface area contributed by atoms with Gasteiger partial charge in [0.05, 0.1) is 18.9 Å². The van der Waals surface area contributed by atoms with Crippen molar-refractivity contribution in [2.45, 2.75) is 44.9 Å². The van der Waals surface area contributed by atoms with Crippen LogP contribution in [0.3, 0.4) is 0 Å². The summed E-state index contributed by atoms with van der Waals surface area (Å²) in [6, 6.07) is 8.19. The lowest BCUT2D eigenvalue weighted by atomic mass is 9.93. The van der Waals surface area contributed by atoms with E-state index in [2.05, 4.69) is 52.2 Å². The number of anilines is 4. The van der Waals surface area contributed by atoms with Crippen LogP contribution in [0.25, 0.3) is 10.8 Å². The van der Waals surface area contributed by atoms with E-state index in [1.165, 1.54) is 12.5 Å². The summed E-state index contributed by atoms with van der Waals surface area (Å²) in [5.41, 5.74) is 0.691. The average molecular weight is 527 g/mol. The van der Waals surface area contributed by atoms with Crippen LogP contribution in [-0.4, -0.2) is 74.6 Å². The van der Waals surface area contributed by atoms with Gasteiger partial charge in [0.2, 0.25) is 5.95 Å². The lowest BCUT2D eigenvalue weighted by Gasteiger charge is -2.41. The Kier molecular flexibility index (Phi) is 7.17. The van der Waals surface area contributed by atoms with E-state index in [9.17, 15) is 14.0 Å². The molecule has 2 aliphatic heterocycles. The Morgan fingerprint density at radius 3 is 2.68 bits per heavy atom. The summed E-state index contributed by atoms with van der Waals surface area (Å²) >= 11 is -0.775. The van der Waals surface area contributed by atoms with Crippen molar-refractivity contribution >= 4 is 45.2 Å². The second kappa shape index (κ2) is 10.2. The molecule has 2 aromatic heterocycles. The van der Waals surface area contributed by atoms with Crippen molar-refractivity contribution in [1.29, 1.82) is 0 Å². The van der Waals surface area contributed by atoms with Gasteiger partial charge in [-0.05, 0) is 48.4 Å². The number of aromatic nitrogens is 3. The highest BCUT2D eigenvalue weighted by molar-refractivity contribution is 7.90. The molecule has 8 nitrogen and oxygen atoms in total. The van der Waals surface area contributed by atoms with Crippen LogP contribution in [0.4, 0.5) is 27.7 Å². The van der Waals surface area contributed by atoms with Crippen molar-refractivity contribution in [1.82, 2.24) is 15.0 Å². The SMILES string of the molecule is CC(C)c1ccc(N2CC(C[S+](C)[O-])C2)c2cnc(Nc3ccnc(N4CC[C@H](O)[C@](C)(F)C4)n3)cc12. The first-order chi connectivity index (χ1) is 17.6. The maximum Gasteiger partial charge on any atom is 0.227 e. The van der Waals surface area contributed by atoms with Crippen LogP contribution in [-0.2, 0) is 11.2 Å². The highest BCUT2D eigenvalue weighted by Crippen LogP contribution is 2.37. The molecule has 1 aromatic carbocycles. The van der Waals surface area contributed by atoms with Crippen molar-refractivity contribution in [2.24, 2.45) is 5.92 Å². The van der Waals surface area contributed by atoms with Crippen LogP contribution in [0.1, 0.15) is 38.7 Å². The molecule has 3 atom stereocenters. The molecule has 0 spiro atoms. The predicted octanol–water partition coefficient (Wildman–Crippen LogP) is 4.01. The molecule has 1 unspecified atom stereocenters. The number of benzene rings is 1. The first kappa shape index (κ1) is 25.9. The number of nitrogens with zero attached hydrogens (tertiary/aromatic N) is 5. The molecular formula is C27H35FN6O2S. The third-order valence-corrected chi connectivity index (χ3v) is 8.29. The number of alkyl halides is 1. The Hall–Kier alpha value is -2.69. The second-order valence-electron chi connectivity index (χ2n) is 10.8. The minimum absolute atomic E-state index is 0.0396. The third-order valence-electron chi connectivity index (χ3n) is 7.35. The fourth-order valence-corrected chi connectivity index (χ4v) is 6.18. The molecule has 0 saturated carbocycles. The molecule has 37 heavy (non-hydrogen) atoms. The number of hydrogen-bond donors (Lipinski definition) is 2. The maximum atomic E-state index is 14.7. The average Bonchev–Trinajstić information content (AvgIpc) is 2.82. The molecule has 2 fully saturated rings. The highest BCUT2D eigenvalue weighted by Gasteiger charge is 2.39. The van der Waals surface area contributed by atoms with E-state index in [0.717, 1.165) is 35.3 Å². The van der Waals surface area contributed by atoms with Gasteiger partial charge in [-0.3, -0.25) is 0 Å². The number of halogens is 1. The Morgan fingerprint density at radius 2 is 1.97 bits per heavy atom. The number of aliphatic hydroxyl groups excluding tert-OH is 1. The molecule has 3 aromatic rings. The second-order valence-corrected chi connectivity index (χ2v) is 12.3. The van der Waals surface area contributed by atoms with Gasteiger partial charge in [0.15, 0.2) is 5.67 Å². The van der Waals surface area contributed by atoms with Gasteiger partial charge in [-0.25, -0.2) is 14.4 Å². The summed E-state index contributed by atoms with van der Waals surface area (Å²) in [6.45, 7) is 8.13. The topological polar surface area (TPSA) is 100 Å². The predicted molar refractivity (Wildman–Crippen MR) is 148 cm³/mol. The van der Waals surface area contributed by atoms with Crippen LogP contribution >= 0.6 is 0 Å². The van der Waals surface area contributed by atoms with E-state index < -0.39 is 22.9 Å². The molecule has 0 aliphatic carbocycles. The molecule has 2 saturated heterocycles. The van der Waals surface area contributed by atoms with Crippen LogP contribution in [0.5, 0.6) is 0 Å². The Labute approximate surface area is 220 Å². The number of rotatable bonds is 7. The van der Waals surface area contributed by atoms with Crippen molar-refractivity contribution < 1.29 is 14.0 Å². The van der Waals surface area contributed by atoms with Gasteiger partial charge in [-0.2, -0.15) is 4.98 Å². The van der Waals surface area contributed by atoms with Gasteiger partial charge in [0, 0.05) is 49.0 Å². The van der Waals surface area contributed by atoms with Gasteiger partial charge in [-0.1, -0.05) is 31.1 Å². The van der Waals surface area contributed by atoms with E-state index in [1.54, 1.807) is 23.4 Å². The van der Waals surface area contributed by atoms with E-state index in [0.29, 0.717) is 42.4 Å². The number of pyridine rings is 1. The number of fused-ring (bicyclic) bond motifs is 1. The zero-order valence-electron chi connectivity index (χ0n) is 21.8. The lowest BCUT2D eigenvalue weighted by molar-refractivity contribution is -0.00860. The summed E-state index contributed by atoms with van der Waals surface area (Å²) in [5, 5.41) is 15.5. The molecule has 198 valence electrons. The van der Waals surface area contributed by atoms with E-state index >= 15 is 0 Å². The van der Waals surface area contributed by atoms with Gasteiger partial charge < -0.3 is 24.8 Å². The van der Waals surface area contributed by atoms with Gasteiger partial charge >= 0.3 is 0 Å². The maximum absolute atomic E-state index is 14.7. The zero-order chi connectivity index (χ0) is 26.3. The van der Waals surface area contributed by atoms with E-state index in [-0.39, 0.29) is 6.54 Å². The molecule has 4 heterocycles. The molecule has 2 aliphatic rings. The summed E-state index contributed by atoms with van der Waals surface area (Å²) < 4.78 is 26.3. The van der Waals surface area contributed by atoms with Crippen LogP contribution in [0, 0.1) is 5.92 Å². The molecule has 0 amide bonds. The summed E-state index contributed by atoms with van der Waals surface area (Å²) in [5.74, 6) is 3.21. The van der Waals surface area contributed by atoms with Gasteiger partial charge in [-0.15, -0.1) is 0 Å². The quantitative estimate of drug-likeness (QED) is 0.446. The number of hydrogen-bond acceptors (Lipinski definition) is 8. The fourth-order valence-electron chi connectivity index (χ4n) is 5.31. The lowest BCUT2D eigenvalue weighted by Crippen LogP contribution is -2.52. The molecular weight excluding hydrogens is 491 g/mol. The number of piperidine rings is 1. The summed E-state index contributed by atoms with van der Waals surface area (Å²) in [7, 11) is 0. The minimum Gasteiger partial charge on any atom is -0.617 e. The highest BCUT2D eigenvalue weighted by atomic mass is 32.2. The van der Waals surface area contributed by atoms with Crippen LogP contribution in [0.15, 0.2) is 36.7 Å². The monoisotopic (exact) mass is 526 g/mol. The smallest absolute Gasteiger partial charge is 0.227 e. The van der Waals surface area contributed by atoms with Crippen molar-refractivity contribution in [2.75, 3.05) is 53.3 Å². The Bertz CT molecular complexity index is 1270. The van der Waals surface area contributed by atoms with Crippen LogP contribution < -0.4 is 15.1 Å². The first-order valence-electron chi connectivity index (χ1n) is 12.8. The molecule has 5 rings (SSSR count). The third kappa shape index (κ3) is 5.46. The van der Waals surface area contributed by atoms with Crippen molar-refractivity contribution in [3.8, 4) is 0 Å². The normalized spacial score (nSPS) is 23.4. The van der Waals surface area contributed by atoms with Crippen molar-refractivity contribution in [3.63, 3.8) is 0 Å². The molecule has 0 radical (unpaired) electrons. The van der Waals surface area contributed by atoms with Crippen LogP contribution in [0.2, 0.25) is 0 Å². The van der Waals surface area contributed by atoms with Crippen molar-refractivity contribution in [3.05, 3.63) is 42.2 Å². The standard InChI is InChI=1S/C27H35FN6O2S/c1-17(2)19-5-6-22(34-13-18(14-34)15-37(4)36)21-12-30-25(11-20(19)21)31-24-7-9-29-26(32-24)33-10-8-23(35)27(3,28)16-33/h5-7,9,11-12,17-18,23,35H,8,10,13-16H2,1-4H3,(H,29,30,31,32)/t23-,27+,37?/m0/s1. The Balaban J connectivity index is 1.39. The number of nitrogens with one attached hydrogen (secondary N) is 1. The molecule has 0 bridgehead atoms. The van der Waals surface area contributed by atoms with Gasteiger partial charge in [0.25, 0.3) is 0 Å². The number of aliphatic hydroxyl groups is 1. The van der Waals surface area contributed by atoms with E-state index in [1.807, 2.05) is 6.20 Å². The van der Waals surface area contributed by atoms with Gasteiger partial charge in [0.1, 0.15) is 17.4 Å².